The Morgan fingerprint density at radius 1 is 1.41 bits per heavy atom. The van der Waals surface area contributed by atoms with Crippen LogP contribution in [0.5, 0.6) is 0 Å². The Morgan fingerprint density at radius 3 is 2.35 bits per heavy atom. The Labute approximate surface area is 104 Å². The first kappa shape index (κ1) is 14.3. The predicted molar refractivity (Wildman–Crippen MR) is 63.1 cm³/mol. The van der Waals surface area contributed by atoms with Gasteiger partial charge in [0, 0.05) is 12.1 Å². The highest BCUT2D eigenvalue weighted by Crippen LogP contribution is 2.30. The highest BCUT2D eigenvalue weighted by atomic mass is 35.5. The first-order chi connectivity index (χ1) is 7.59. The lowest BCUT2D eigenvalue weighted by molar-refractivity contribution is 0.0581. The summed E-state index contributed by atoms with van der Waals surface area (Å²) in [4.78, 5) is 3.74. The van der Waals surface area contributed by atoms with Crippen molar-refractivity contribution in [1.29, 1.82) is 0 Å². The van der Waals surface area contributed by atoms with E-state index in [0.29, 0.717) is 0 Å². The van der Waals surface area contributed by atoms with Crippen LogP contribution in [0, 0.1) is 5.82 Å². The summed E-state index contributed by atoms with van der Waals surface area (Å²) in [6.07, 6.45) is 0. The zero-order valence-electron chi connectivity index (χ0n) is 9.96. The molecule has 4 nitrogen and oxygen atoms in total. The van der Waals surface area contributed by atoms with E-state index in [9.17, 15) is 14.6 Å². The zero-order valence-corrected chi connectivity index (χ0v) is 10.7. The van der Waals surface area contributed by atoms with E-state index in [1.807, 2.05) is 0 Å². The number of aliphatic hydroxyl groups is 2. The third kappa shape index (κ3) is 2.93. The van der Waals surface area contributed by atoms with Gasteiger partial charge in [-0.15, -0.1) is 0 Å². The van der Waals surface area contributed by atoms with Crippen LogP contribution in [0.2, 0.25) is 5.15 Å². The van der Waals surface area contributed by atoms with Gasteiger partial charge in [-0.1, -0.05) is 11.6 Å². The fourth-order valence-corrected chi connectivity index (χ4v) is 1.52. The molecule has 0 aromatic carbocycles. The highest BCUT2D eigenvalue weighted by Gasteiger charge is 2.29. The lowest BCUT2D eigenvalue weighted by Crippen LogP contribution is -2.33. The SMILES string of the molecule is CC(C)(O)c1cc(C(C)(O)CN)nc(Cl)c1F. The molecular weight excluding hydrogens is 247 g/mol. The minimum absolute atomic E-state index is 0.0266. The van der Waals surface area contributed by atoms with Gasteiger partial charge in [-0.2, -0.15) is 0 Å². The second-order valence-electron chi connectivity index (χ2n) is 4.70. The maximum atomic E-state index is 13.7. The molecule has 0 bridgehead atoms. The Bertz CT molecular complexity index is 430. The standard InChI is InChI=1S/C11H16ClFN2O2/c1-10(2,16)6-4-7(11(3,17)5-14)15-9(12)8(6)13/h4,16-17H,5,14H2,1-3H3. The van der Waals surface area contributed by atoms with Gasteiger partial charge in [0.1, 0.15) is 5.60 Å². The third-order valence-electron chi connectivity index (χ3n) is 2.53. The van der Waals surface area contributed by atoms with Crippen LogP contribution in [0.4, 0.5) is 4.39 Å². The van der Waals surface area contributed by atoms with Crippen LogP contribution >= 0.6 is 11.6 Å². The van der Waals surface area contributed by atoms with Crippen molar-refractivity contribution in [2.24, 2.45) is 5.73 Å². The van der Waals surface area contributed by atoms with E-state index in [-0.39, 0.29) is 17.8 Å². The molecule has 0 fully saturated rings. The van der Waals surface area contributed by atoms with Crippen molar-refractivity contribution in [3.8, 4) is 0 Å². The van der Waals surface area contributed by atoms with Crippen LogP contribution in [0.15, 0.2) is 6.07 Å². The summed E-state index contributed by atoms with van der Waals surface area (Å²) in [5.74, 6) is -0.796. The molecule has 0 saturated heterocycles. The molecule has 0 radical (unpaired) electrons. The maximum Gasteiger partial charge on any atom is 0.166 e. The molecule has 0 aliphatic heterocycles. The molecule has 1 aromatic rings. The number of hydrogen-bond donors (Lipinski definition) is 3. The predicted octanol–water partition coefficient (Wildman–Crippen LogP) is 1.27. The molecule has 0 aliphatic rings. The fraction of sp³-hybridized carbons (Fsp3) is 0.545. The minimum atomic E-state index is -1.42. The average Bonchev–Trinajstić information content (AvgIpc) is 2.19. The van der Waals surface area contributed by atoms with Crippen molar-refractivity contribution >= 4 is 11.6 Å². The monoisotopic (exact) mass is 262 g/mol. The molecule has 6 heteroatoms. The van der Waals surface area contributed by atoms with Gasteiger partial charge in [-0.3, -0.25) is 0 Å². The minimum Gasteiger partial charge on any atom is -0.386 e. The van der Waals surface area contributed by atoms with Crippen molar-refractivity contribution in [1.82, 2.24) is 4.98 Å². The molecule has 4 N–H and O–H groups in total. The number of nitrogens with two attached hydrogens (primary N) is 1. The smallest absolute Gasteiger partial charge is 0.166 e. The van der Waals surface area contributed by atoms with E-state index in [1.54, 1.807) is 0 Å². The molecule has 0 amide bonds. The Balaban J connectivity index is 3.45. The van der Waals surface area contributed by atoms with Crippen molar-refractivity contribution in [3.63, 3.8) is 0 Å². The van der Waals surface area contributed by atoms with Gasteiger partial charge < -0.3 is 15.9 Å². The number of nitrogens with zero attached hydrogens (tertiary/aromatic N) is 1. The largest absolute Gasteiger partial charge is 0.386 e. The first-order valence-electron chi connectivity index (χ1n) is 5.11. The normalized spacial score (nSPS) is 15.8. The van der Waals surface area contributed by atoms with Crippen LogP contribution in [0.1, 0.15) is 32.0 Å². The number of aromatic nitrogens is 1. The number of rotatable bonds is 3. The molecule has 1 aromatic heterocycles. The van der Waals surface area contributed by atoms with Crippen LogP contribution < -0.4 is 5.73 Å². The van der Waals surface area contributed by atoms with Crippen molar-refractivity contribution < 1.29 is 14.6 Å². The van der Waals surface area contributed by atoms with E-state index >= 15 is 0 Å². The molecule has 0 saturated carbocycles. The second kappa shape index (κ2) is 4.49. The summed E-state index contributed by atoms with van der Waals surface area (Å²) in [6.45, 7) is 4.19. The fourth-order valence-electron chi connectivity index (χ4n) is 1.32. The summed E-state index contributed by atoms with van der Waals surface area (Å²) in [6, 6.07) is 1.27. The van der Waals surface area contributed by atoms with Gasteiger partial charge in [-0.05, 0) is 26.8 Å². The van der Waals surface area contributed by atoms with Crippen LogP contribution in [-0.2, 0) is 11.2 Å². The molecule has 1 atom stereocenters. The molecule has 1 rings (SSSR count). The number of hydrogen-bond acceptors (Lipinski definition) is 4. The summed E-state index contributed by atoms with van der Waals surface area (Å²) in [5.41, 5.74) is 2.66. The molecule has 1 heterocycles. The van der Waals surface area contributed by atoms with Gasteiger partial charge in [0.05, 0.1) is 11.3 Å². The Morgan fingerprint density at radius 2 is 1.94 bits per heavy atom. The lowest BCUT2D eigenvalue weighted by atomic mass is 9.94. The molecule has 0 spiro atoms. The van der Waals surface area contributed by atoms with Crippen molar-refractivity contribution in [2.45, 2.75) is 32.0 Å². The lowest BCUT2D eigenvalue weighted by Gasteiger charge is -2.25. The quantitative estimate of drug-likeness (QED) is 0.717. The van der Waals surface area contributed by atoms with Crippen LogP contribution in [-0.4, -0.2) is 21.7 Å². The molecule has 1 unspecified atom stereocenters. The Hall–Kier alpha value is -0.750. The van der Waals surface area contributed by atoms with Gasteiger partial charge in [0.25, 0.3) is 0 Å². The van der Waals surface area contributed by atoms with Crippen molar-refractivity contribution in [2.75, 3.05) is 6.54 Å². The first-order valence-corrected chi connectivity index (χ1v) is 5.49. The van der Waals surface area contributed by atoms with Gasteiger partial charge in [0.15, 0.2) is 11.0 Å². The summed E-state index contributed by atoms with van der Waals surface area (Å²) < 4.78 is 13.7. The van der Waals surface area contributed by atoms with Crippen LogP contribution in [0.3, 0.4) is 0 Å². The molecule has 17 heavy (non-hydrogen) atoms. The third-order valence-corrected chi connectivity index (χ3v) is 2.78. The van der Waals surface area contributed by atoms with E-state index in [0.717, 1.165) is 0 Å². The summed E-state index contributed by atoms with van der Waals surface area (Å²) in [7, 11) is 0. The number of pyridine rings is 1. The van der Waals surface area contributed by atoms with Crippen LogP contribution in [0.25, 0.3) is 0 Å². The van der Waals surface area contributed by atoms with E-state index in [2.05, 4.69) is 4.98 Å². The summed E-state index contributed by atoms with van der Waals surface area (Å²) in [5, 5.41) is 19.4. The zero-order chi connectivity index (χ0) is 13.4. The topological polar surface area (TPSA) is 79.4 Å². The van der Waals surface area contributed by atoms with Gasteiger partial charge in [0.2, 0.25) is 0 Å². The second-order valence-corrected chi connectivity index (χ2v) is 5.05. The molecular formula is C11H16ClFN2O2. The Kier molecular flexibility index (Phi) is 3.78. The molecule has 96 valence electrons. The maximum absolute atomic E-state index is 13.7. The van der Waals surface area contributed by atoms with Crippen molar-refractivity contribution in [3.05, 3.63) is 28.3 Å². The highest BCUT2D eigenvalue weighted by molar-refractivity contribution is 6.29. The van der Waals surface area contributed by atoms with E-state index in [1.165, 1.54) is 26.8 Å². The average molecular weight is 263 g/mol. The van der Waals surface area contributed by atoms with E-state index in [4.69, 9.17) is 17.3 Å². The van der Waals surface area contributed by atoms with E-state index < -0.39 is 22.2 Å². The van der Waals surface area contributed by atoms with Gasteiger partial charge >= 0.3 is 0 Å². The number of halogens is 2. The summed E-state index contributed by atoms with van der Waals surface area (Å²) >= 11 is 5.64. The molecule has 0 aliphatic carbocycles. The van der Waals surface area contributed by atoms with Gasteiger partial charge in [-0.25, -0.2) is 9.37 Å².